The molecule has 0 saturated heterocycles. The smallest absolute Gasteiger partial charge is 0.242 e. The summed E-state index contributed by atoms with van der Waals surface area (Å²) in [5, 5.41) is 0. The Kier molecular flexibility index (Phi) is 3.63. The maximum Gasteiger partial charge on any atom is 0.378 e. The lowest BCUT2D eigenvalue weighted by Gasteiger charge is -1.94. The molecule has 0 aromatic heterocycles. The van der Waals surface area contributed by atoms with Crippen LogP contribution in [0.5, 0.6) is 0 Å². The topological polar surface area (TPSA) is 52.6 Å². The average molecular weight is 142 g/mol. The van der Waals surface area contributed by atoms with Crippen LogP contribution >= 0.6 is 0 Å². The summed E-state index contributed by atoms with van der Waals surface area (Å²) in [5.74, 6) is -1.65. The third-order valence-corrected chi connectivity index (χ3v) is 0.539. The Bertz CT molecular complexity index is 151. The van der Waals surface area contributed by atoms with E-state index in [2.05, 4.69) is 22.9 Å². The maximum atomic E-state index is 10.2. The molecule has 0 saturated carbocycles. The molecular weight excluding hydrogens is 136 g/mol. The zero-order valence-corrected chi connectivity index (χ0v) is 5.20. The molecular formula is C6H6O4. The first-order valence-corrected chi connectivity index (χ1v) is 2.38. The van der Waals surface area contributed by atoms with Crippen molar-refractivity contribution in [3.63, 3.8) is 0 Å². The quantitative estimate of drug-likeness (QED) is 0.317. The van der Waals surface area contributed by atoms with Gasteiger partial charge in [-0.2, -0.15) is 0 Å². The van der Waals surface area contributed by atoms with Gasteiger partial charge in [0.2, 0.25) is 0 Å². The monoisotopic (exact) mass is 142 g/mol. The van der Waals surface area contributed by atoms with Crippen LogP contribution in [0.4, 0.5) is 0 Å². The van der Waals surface area contributed by atoms with Gasteiger partial charge in [0, 0.05) is 12.2 Å². The van der Waals surface area contributed by atoms with Crippen molar-refractivity contribution in [3.05, 3.63) is 25.3 Å². The number of hydrogen-bond donors (Lipinski definition) is 0. The van der Waals surface area contributed by atoms with Crippen molar-refractivity contribution in [1.29, 1.82) is 0 Å². The Morgan fingerprint density at radius 3 is 1.50 bits per heavy atom. The summed E-state index contributed by atoms with van der Waals surface area (Å²) in [5.41, 5.74) is 0. The predicted molar refractivity (Wildman–Crippen MR) is 32.6 cm³/mol. The Hall–Kier alpha value is -1.58. The van der Waals surface area contributed by atoms with Gasteiger partial charge in [-0.3, -0.25) is 0 Å². The van der Waals surface area contributed by atoms with Gasteiger partial charge in [0.15, 0.2) is 0 Å². The van der Waals surface area contributed by atoms with Crippen molar-refractivity contribution in [2.75, 3.05) is 0 Å². The van der Waals surface area contributed by atoms with Crippen molar-refractivity contribution in [2.24, 2.45) is 0 Å². The predicted octanol–water partition coefficient (Wildman–Crippen LogP) is 0.360. The molecule has 0 aliphatic carbocycles. The molecule has 54 valence electrons. The van der Waals surface area contributed by atoms with Crippen LogP contribution in [0.25, 0.3) is 0 Å². The summed E-state index contributed by atoms with van der Waals surface area (Å²) in [7, 11) is 0. The Labute approximate surface area is 57.7 Å². The fourth-order valence-electron chi connectivity index (χ4n) is 0.150. The van der Waals surface area contributed by atoms with Crippen molar-refractivity contribution < 1.29 is 19.4 Å². The molecule has 0 atom stereocenters. The second-order valence-electron chi connectivity index (χ2n) is 1.21. The first-order chi connectivity index (χ1) is 4.70. The van der Waals surface area contributed by atoms with E-state index in [9.17, 15) is 9.59 Å². The summed E-state index contributed by atoms with van der Waals surface area (Å²) in [6.45, 7) is 6.15. The Morgan fingerprint density at radius 2 is 1.30 bits per heavy atom. The molecule has 0 rings (SSSR count). The highest BCUT2D eigenvalue weighted by Gasteiger charge is 2.00. The van der Waals surface area contributed by atoms with Gasteiger partial charge in [0.1, 0.15) is 0 Å². The van der Waals surface area contributed by atoms with Gasteiger partial charge in [-0.05, 0) is 0 Å². The molecule has 10 heavy (non-hydrogen) atoms. The van der Waals surface area contributed by atoms with Gasteiger partial charge in [0.05, 0.1) is 0 Å². The van der Waals surface area contributed by atoms with E-state index in [-0.39, 0.29) is 0 Å². The average Bonchev–Trinajstić information content (AvgIpc) is 1.99. The van der Waals surface area contributed by atoms with E-state index >= 15 is 0 Å². The second-order valence-corrected chi connectivity index (χ2v) is 1.21. The maximum absolute atomic E-state index is 10.2. The van der Waals surface area contributed by atoms with Crippen LogP contribution in [0, 0.1) is 0 Å². The van der Waals surface area contributed by atoms with Gasteiger partial charge in [-0.1, -0.05) is 13.2 Å². The van der Waals surface area contributed by atoms with Crippen molar-refractivity contribution >= 4 is 11.9 Å². The molecule has 4 heteroatoms. The molecule has 0 bridgehead atoms. The van der Waals surface area contributed by atoms with Crippen LogP contribution in [0.15, 0.2) is 25.3 Å². The number of rotatable bonds is 2. The zero-order chi connectivity index (χ0) is 7.98. The van der Waals surface area contributed by atoms with E-state index in [0.29, 0.717) is 0 Å². The van der Waals surface area contributed by atoms with Gasteiger partial charge >= 0.3 is 11.9 Å². The molecule has 0 amide bonds. The number of hydrogen-bond acceptors (Lipinski definition) is 4. The SMILES string of the molecule is C=CC(=O)OOC(=O)C=C. The highest BCUT2D eigenvalue weighted by molar-refractivity contribution is 5.84. The molecule has 0 aliphatic rings. The largest absolute Gasteiger partial charge is 0.378 e. The van der Waals surface area contributed by atoms with Crippen molar-refractivity contribution in [3.8, 4) is 0 Å². The minimum absolute atomic E-state index is 0.824. The molecule has 0 aromatic rings. The molecule has 0 heterocycles. The molecule has 0 spiro atoms. The summed E-state index contributed by atoms with van der Waals surface area (Å²) in [4.78, 5) is 28.1. The van der Waals surface area contributed by atoms with Crippen molar-refractivity contribution in [1.82, 2.24) is 0 Å². The summed E-state index contributed by atoms with van der Waals surface area (Å²) >= 11 is 0. The van der Waals surface area contributed by atoms with Crippen LogP contribution in [0.1, 0.15) is 0 Å². The lowest BCUT2D eigenvalue weighted by molar-refractivity contribution is -0.250. The molecule has 0 aromatic carbocycles. The van der Waals surface area contributed by atoms with E-state index in [1.807, 2.05) is 0 Å². The Balaban J connectivity index is 3.54. The lowest BCUT2D eigenvalue weighted by atomic mass is 10.7. The third kappa shape index (κ3) is 3.43. The van der Waals surface area contributed by atoms with Gasteiger partial charge in [0.25, 0.3) is 0 Å². The normalized spacial score (nSPS) is 7.60. The molecule has 0 N–H and O–H groups in total. The van der Waals surface area contributed by atoms with Crippen LogP contribution in [0.2, 0.25) is 0 Å². The van der Waals surface area contributed by atoms with Gasteiger partial charge < -0.3 is 0 Å². The van der Waals surface area contributed by atoms with Crippen LogP contribution in [-0.2, 0) is 19.4 Å². The van der Waals surface area contributed by atoms with Crippen LogP contribution < -0.4 is 0 Å². The highest BCUT2D eigenvalue weighted by atomic mass is 17.2. The summed E-state index contributed by atoms with van der Waals surface area (Å²) in [6.07, 6.45) is 1.74. The molecule has 0 aliphatic heterocycles. The van der Waals surface area contributed by atoms with Gasteiger partial charge in [-0.15, -0.1) is 0 Å². The van der Waals surface area contributed by atoms with E-state index in [4.69, 9.17) is 0 Å². The minimum atomic E-state index is -0.824. The Morgan fingerprint density at radius 1 is 1.00 bits per heavy atom. The fourth-order valence-corrected chi connectivity index (χ4v) is 0.150. The first kappa shape index (κ1) is 8.42. The molecule has 4 nitrogen and oxygen atoms in total. The fraction of sp³-hybridized carbons (Fsp3) is 0. The van der Waals surface area contributed by atoms with Crippen LogP contribution in [0.3, 0.4) is 0 Å². The molecule has 0 fully saturated rings. The number of carbonyl (C=O) groups is 2. The van der Waals surface area contributed by atoms with Crippen LogP contribution in [-0.4, -0.2) is 11.9 Å². The molecule has 0 radical (unpaired) electrons. The van der Waals surface area contributed by atoms with Gasteiger partial charge in [-0.25, -0.2) is 19.4 Å². The first-order valence-electron chi connectivity index (χ1n) is 2.38. The summed E-state index contributed by atoms with van der Waals surface area (Å²) in [6, 6.07) is 0. The van der Waals surface area contributed by atoms with E-state index in [1.54, 1.807) is 0 Å². The summed E-state index contributed by atoms with van der Waals surface area (Å²) < 4.78 is 0. The highest BCUT2D eigenvalue weighted by Crippen LogP contribution is 1.83. The van der Waals surface area contributed by atoms with Crippen molar-refractivity contribution in [2.45, 2.75) is 0 Å². The number of carbonyl (C=O) groups excluding carboxylic acids is 2. The van der Waals surface area contributed by atoms with E-state index in [0.717, 1.165) is 12.2 Å². The van der Waals surface area contributed by atoms with E-state index in [1.165, 1.54) is 0 Å². The molecule has 0 unspecified atom stereocenters. The lowest BCUT2D eigenvalue weighted by Crippen LogP contribution is -2.06. The second kappa shape index (κ2) is 4.31. The minimum Gasteiger partial charge on any atom is -0.242 e. The van der Waals surface area contributed by atoms with E-state index < -0.39 is 11.9 Å². The standard InChI is InChI=1S/C6H6O4/c1-3-5(7)9-10-6(8)4-2/h3-4H,1-2H2. The third-order valence-electron chi connectivity index (χ3n) is 0.539. The zero-order valence-electron chi connectivity index (χ0n) is 5.20.